The van der Waals surface area contributed by atoms with Crippen LogP contribution >= 0.6 is 0 Å². The molecule has 10 rings (SSSR count). The fourth-order valence-corrected chi connectivity index (χ4v) is 13.2. The second kappa shape index (κ2) is 15.6. The van der Waals surface area contributed by atoms with Gasteiger partial charge in [0.05, 0.1) is 24.0 Å². The predicted octanol–water partition coefficient (Wildman–Crippen LogP) is 2.63. The fourth-order valence-electron chi connectivity index (χ4n) is 13.2. The molecule has 0 radical (unpaired) electrons. The Balaban J connectivity index is 1.31. The van der Waals surface area contributed by atoms with Crippen molar-refractivity contribution in [3.8, 4) is 0 Å². The summed E-state index contributed by atoms with van der Waals surface area (Å²) in [5.74, 6) is -6.10. The standard InChI is InChI=1S/C46H54FN7O10/c1-43(2)35(37(48)57)23-5-9-25(10-6-23)45(43,39(59)50-41(61)62)52-21-29(55)19-33(52)31-17-18-32(54(31)28-15-13-27(47)14-16-28)34-20-30(56)22-53(34)46(40(60)51-42(63)64)26-11-7-24(8-12-26)36(38(49)58)44(46,3)4/h5-16,29-36,55-56H,17-22H2,1-4H3,(H2,48,57)(H2,49,58)(H,50,59)(H,51,60)(H,61,62)(H,63,64)/t29-,30-,31+,32+,33-,34-,35?,36?,45-,46-/m0/s1. The number of anilines is 1. The molecule has 0 aromatic heterocycles. The quantitative estimate of drug-likeness (QED) is 0.154. The third-order valence-corrected chi connectivity index (χ3v) is 15.3. The van der Waals surface area contributed by atoms with Crippen LogP contribution in [0.3, 0.4) is 0 Å². The molecule has 17 nitrogen and oxygen atoms in total. The van der Waals surface area contributed by atoms with Crippen molar-refractivity contribution in [3.63, 3.8) is 0 Å². The highest BCUT2D eigenvalue weighted by molar-refractivity contribution is 6.01. The molecule has 7 aliphatic rings. The number of hydrogen-bond donors (Lipinski definition) is 8. The van der Waals surface area contributed by atoms with Gasteiger partial charge in [-0.15, -0.1) is 0 Å². The van der Waals surface area contributed by atoms with Gasteiger partial charge in [-0.3, -0.25) is 39.6 Å². The summed E-state index contributed by atoms with van der Waals surface area (Å²) in [6, 6.07) is 16.3. The molecule has 3 fully saturated rings. The molecule has 340 valence electrons. The molecule has 3 aliphatic heterocycles. The number of nitrogens with two attached hydrogens (primary N) is 2. The first-order valence-electron chi connectivity index (χ1n) is 21.4. The molecule has 10 atom stereocenters. The van der Waals surface area contributed by atoms with E-state index in [1.165, 1.54) is 12.1 Å². The third kappa shape index (κ3) is 6.39. The normalized spacial score (nSPS) is 32.8. The molecule has 0 saturated carbocycles. The monoisotopic (exact) mass is 883 g/mol. The number of fused-ring (bicyclic) bond motifs is 8. The van der Waals surface area contributed by atoms with E-state index in [1.807, 2.05) is 4.90 Å². The highest BCUT2D eigenvalue weighted by Gasteiger charge is 2.68. The van der Waals surface area contributed by atoms with E-state index in [1.54, 1.807) is 98.2 Å². The molecule has 0 spiro atoms. The molecule has 2 unspecified atom stereocenters. The first-order chi connectivity index (χ1) is 30.1. The van der Waals surface area contributed by atoms with E-state index < -0.39 is 112 Å². The molecular formula is C46H54FN7O10. The SMILES string of the molecule is CC1(C)C(C(N)=O)c2ccc(cc2)[C@@]1(C(=O)NC(=O)O)N1C[C@@H](O)C[C@H]1[C@H]1CC[C@H]([C@@H]2C[C@H](O)CN2[C@]2(C(=O)NC(=O)O)c3ccc(cc3)C(C(N)=O)C2(C)C)N1c1ccc(F)cc1. The van der Waals surface area contributed by atoms with Crippen LogP contribution in [0.2, 0.25) is 0 Å². The third-order valence-electron chi connectivity index (χ3n) is 15.3. The molecule has 3 saturated heterocycles. The average Bonchev–Trinajstić information content (AvgIpc) is 3.85. The maximum Gasteiger partial charge on any atom is 0.411 e. The summed E-state index contributed by atoms with van der Waals surface area (Å²) in [5.41, 5.74) is 7.76. The number of rotatable bonds is 9. The van der Waals surface area contributed by atoms with E-state index in [4.69, 9.17) is 11.5 Å². The zero-order valence-electron chi connectivity index (χ0n) is 35.9. The van der Waals surface area contributed by atoms with Gasteiger partial charge in [-0.25, -0.2) is 14.0 Å². The number of β-amino-alcohol motifs (C(OH)–C–C–N with tert-alkyl or cyclic N) is 2. The Morgan fingerprint density at radius 2 is 0.953 bits per heavy atom. The van der Waals surface area contributed by atoms with Crippen LogP contribution in [0.15, 0.2) is 72.8 Å². The summed E-state index contributed by atoms with van der Waals surface area (Å²) in [6.45, 7) is 6.47. The number of hydrogen-bond acceptors (Lipinski definition) is 11. The number of likely N-dealkylation sites (tertiary alicyclic amines) is 2. The van der Waals surface area contributed by atoms with Crippen molar-refractivity contribution in [2.75, 3.05) is 18.0 Å². The number of aliphatic hydroxyl groups is 2. The Kier molecular flexibility index (Phi) is 10.9. The second-order valence-corrected chi connectivity index (χ2v) is 19.1. The van der Waals surface area contributed by atoms with Crippen LogP contribution in [-0.4, -0.2) is 116 Å². The fraction of sp³-hybridized carbons (Fsp3) is 0.478. The number of primary amides is 2. The number of carbonyl (C=O) groups is 6. The average molecular weight is 884 g/mol. The minimum absolute atomic E-state index is 0.0766. The summed E-state index contributed by atoms with van der Waals surface area (Å²) in [4.78, 5) is 87.1. The maximum absolute atomic E-state index is 14.9. The molecule has 3 heterocycles. The van der Waals surface area contributed by atoms with Gasteiger partial charge in [-0.1, -0.05) is 76.2 Å². The molecular weight excluding hydrogens is 830 g/mol. The van der Waals surface area contributed by atoms with E-state index in [0.29, 0.717) is 40.8 Å². The van der Waals surface area contributed by atoms with E-state index in [-0.39, 0.29) is 25.9 Å². The van der Waals surface area contributed by atoms with Crippen molar-refractivity contribution in [1.29, 1.82) is 0 Å². The lowest BCUT2D eigenvalue weighted by Gasteiger charge is -2.56. The van der Waals surface area contributed by atoms with Crippen molar-refractivity contribution in [2.24, 2.45) is 22.3 Å². The smallest absolute Gasteiger partial charge is 0.411 e. The zero-order valence-corrected chi connectivity index (χ0v) is 35.9. The number of amides is 6. The van der Waals surface area contributed by atoms with E-state index in [9.17, 15) is 53.6 Å². The van der Waals surface area contributed by atoms with Crippen LogP contribution in [0, 0.1) is 16.6 Å². The molecule has 3 aromatic rings. The number of carboxylic acid groups (broad SMARTS) is 2. The Labute approximate surface area is 368 Å². The molecule has 18 heteroatoms. The number of imide groups is 2. The van der Waals surface area contributed by atoms with Gasteiger partial charge >= 0.3 is 12.2 Å². The van der Waals surface area contributed by atoms with Crippen LogP contribution in [0.4, 0.5) is 19.7 Å². The molecule has 6 amide bonds. The van der Waals surface area contributed by atoms with Gasteiger partial charge in [-0.2, -0.15) is 0 Å². The number of nitrogens with one attached hydrogen (secondary N) is 2. The zero-order chi connectivity index (χ0) is 46.4. The van der Waals surface area contributed by atoms with Gasteiger partial charge < -0.3 is 36.8 Å². The van der Waals surface area contributed by atoms with E-state index in [2.05, 4.69) is 10.6 Å². The highest BCUT2D eigenvalue weighted by Crippen LogP contribution is 2.60. The number of carbonyl (C=O) groups excluding carboxylic acids is 4. The number of nitrogens with zero attached hydrogens (tertiary/aromatic N) is 3. The minimum Gasteiger partial charge on any atom is -0.465 e. The summed E-state index contributed by atoms with van der Waals surface area (Å²) >= 11 is 0. The van der Waals surface area contributed by atoms with Gasteiger partial charge in [0.25, 0.3) is 11.8 Å². The Bertz CT molecular complexity index is 2250. The summed E-state index contributed by atoms with van der Waals surface area (Å²) < 4.78 is 14.8. The lowest BCUT2D eigenvalue weighted by atomic mass is 9.60. The van der Waals surface area contributed by atoms with Gasteiger partial charge in [0, 0.05) is 53.8 Å². The Hall–Kier alpha value is -5.95. The number of benzene rings is 3. The highest BCUT2D eigenvalue weighted by atomic mass is 19.1. The topological polar surface area (TPSA) is 269 Å². The number of halogens is 1. The first-order valence-corrected chi connectivity index (χ1v) is 21.4. The summed E-state index contributed by atoms with van der Waals surface area (Å²) in [6.07, 6.45) is -4.48. The van der Waals surface area contributed by atoms with Crippen molar-refractivity contribution in [1.82, 2.24) is 20.4 Å². The molecule has 64 heavy (non-hydrogen) atoms. The molecule has 4 bridgehead atoms. The maximum atomic E-state index is 14.9. The van der Waals surface area contributed by atoms with Gasteiger partial charge in [0.2, 0.25) is 11.8 Å². The largest absolute Gasteiger partial charge is 0.465 e. The van der Waals surface area contributed by atoms with Crippen molar-refractivity contribution >= 4 is 41.5 Å². The van der Waals surface area contributed by atoms with Crippen LogP contribution in [-0.2, 0) is 30.3 Å². The summed E-state index contributed by atoms with van der Waals surface area (Å²) in [7, 11) is 0. The minimum atomic E-state index is -1.93. The van der Waals surface area contributed by atoms with Gasteiger partial charge in [0.15, 0.2) is 0 Å². The van der Waals surface area contributed by atoms with Crippen LogP contribution in [0.25, 0.3) is 0 Å². The van der Waals surface area contributed by atoms with Crippen LogP contribution < -0.4 is 27.0 Å². The predicted molar refractivity (Wildman–Crippen MR) is 228 cm³/mol. The second-order valence-electron chi connectivity index (χ2n) is 19.1. The molecule has 3 aromatic carbocycles. The lowest BCUT2D eigenvalue weighted by Crippen LogP contribution is -2.70. The van der Waals surface area contributed by atoms with Crippen molar-refractivity contribution in [2.45, 2.75) is 113 Å². The van der Waals surface area contributed by atoms with Gasteiger partial charge in [0.1, 0.15) is 16.9 Å². The Morgan fingerprint density at radius 3 is 1.28 bits per heavy atom. The van der Waals surface area contributed by atoms with Crippen molar-refractivity contribution in [3.05, 3.63) is 101 Å². The van der Waals surface area contributed by atoms with E-state index >= 15 is 0 Å². The van der Waals surface area contributed by atoms with Crippen LogP contribution in [0.1, 0.15) is 87.5 Å². The lowest BCUT2D eigenvalue weighted by molar-refractivity contribution is -0.151. The number of aliphatic hydroxyl groups excluding tert-OH is 2. The first kappa shape index (κ1) is 44.6. The summed E-state index contributed by atoms with van der Waals surface area (Å²) in [5, 5.41) is 47.7. The van der Waals surface area contributed by atoms with E-state index in [0.717, 1.165) is 0 Å². The van der Waals surface area contributed by atoms with Crippen LogP contribution in [0.5, 0.6) is 0 Å². The molecule has 4 aliphatic carbocycles. The van der Waals surface area contributed by atoms with Gasteiger partial charge in [-0.05, 0) is 72.2 Å². The van der Waals surface area contributed by atoms with Crippen molar-refractivity contribution < 1.29 is 53.6 Å². The Morgan fingerprint density at radius 1 is 0.594 bits per heavy atom. The molecule has 10 N–H and O–H groups in total.